The predicted octanol–water partition coefficient (Wildman–Crippen LogP) is 1.90. The SMILES string of the molecule is Cc1c(C(=O)c2cc(C3CC3)on2)ccc(S(C)(=O)=O)c1S(C)(=O)=O. The second kappa shape index (κ2) is 5.77. The Morgan fingerprint density at radius 3 is 2.28 bits per heavy atom. The van der Waals surface area contributed by atoms with Gasteiger partial charge in [-0.25, -0.2) is 16.8 Å². The Morgan fingerprint density at radius 1 is 1.12 bits per heavy atom. The van der Waals surface area contributed by atoms with Crippen LogP contribution in [-0.4, -0.2) is 40.3 Å². The summed E-state index contributed by atoms with van der Waals surface area (Å²) in [5, 5.41) is 3.77. The van der Waals surface area contributed by atoms with E-state index in [-0.39, 0.29) is 32.5 Å². The number of carbonyl (C=O) groups excluding carboxylic acids is 1. The summed E-state index contributed by atoms with van der Waals surface area (Å²) in [6, 6.07) is 4.02. The van der Waals surface area contributed by atoms with Crippen LogP contribution in [0.1, 0.15) is 46.1 Å². The van der Waals surface area contributed by atoms with Gasteiger partial charge in [0.2, 0.25) is 5.78 Å². The van der Waals surface area contributed by atoms with Gasteiger partial charge in [-0.2, -0.15) is 0 Å². The van der Waals surface area contributed by atoms with Crippen LogP contribution in [0.3, 0.4) is 0 Å². The van der Waals surface area contributed by atoms with Crippen molar-refractivity contribution in [2.45, 2.75) is 35.5 Å². The van der Waals surface area contributed by atoms with E-state index in [1.165, 1.54) is 13.0 Å². The van der Waals surface area contributed by atoms with Gasteiger partial charge in [0.15, 0.2) is 25.4 Å². The van der Waals surface area contributed by atoms with Crippen molar-refractivity contribution in [3.63, 3.8) is 0 Å². The molecule has 0 radical (unpaired) electrons. The lowest BCUT2D eigenvalue weighted by Crippen LogP contribution is -2.14. The standard InChI is InChI=1S/C16H17NO6S2/c1-9-11(15(18)12-8-13(23-17-12)10-4-5-10)6-7-14(24(2,19)20)16(9)25(3,21)22/h6-8,10H,4-5H2,1-3H3. The Bertz CT molecular complexity index is 1080. The number of benzene rings is 1. The molecule has 0 saturated heterocycles. The van der Waals surface area contributed by atoms with Gasteiger partial charge in [0, 0.05) is 30.1 Å². The van der Waals surface area contributed by atoms with Gasteiger partial charge in [-0.3, -0.25) is 4.79 Å². The van der Waals surface area contributed by atoms with E-state index in [0.717, 1.165) is 31.4 Å². The number of sulfone groups is 2. The van der Waals surface area contributed by atoms with Crippen molar-refractivity contribution in [3.8, 4) is 0 Å². The van der Waals surface area contributed by atoms with Crippen LogP contribution in [0.25, 0.3) is 0 Å². The number of hydrogen-bond donors (Lipinski definition) is 0. The fourth-order valence-electron chi connectivity index (χ4n) is 2.76. The van der Waals surface area contributed by atoms with Crippen LogP contribution in [0, 0.1) is 6.92 Å². The largest absolute Gasteiger partial charge is 0.360 e. The maximum absolute atomic E-state index is 12.7. The van der Waals surface area contributed by atoms with E-state index in [9.17, 15) is 21.6 Å². The maximum atomic E-state index is 12.7. The molecule has 1 heterocycles. The highest BCUT2D eigenvalue weighted by Crippen LogP contribution is 2.40. The van der Waals surface area contributed by atoms with Crippen LogP contribution >= 0.6 is 0 Å². The minimum atomic E-state index is -3.86. The van der Waals surface area contributed by atoms with Gasteiger partial charge in [0.05, 0.1) is 9.79 Å². The predicted molar refractivity (Wildman–Crippen MR) is 89.3 cm³/mol. The molecule has 1 saturated carbocycles. The third-order valence-electron chi connectivity index (χ3n) is 4.13. The number of aromatic nitrogens is 1. The van der Waals surface area contributed by atoms with Gasteiger partial charge in [0.25, 0.3) is 0 Å². The fraction of sp³-hybridized carbons (Fsp3) is 0.375. The summed E-state index contributed by atoms with van der Waals surface area (Å²) in [5.74, 6) is 0.421. The van der Waals surface area contributed by atoms with Crippen LogP contribution in [0.5, 0.6) is 0 Å². The lowest BCUT2D eigenvalue weighted by atomic mass is 10.0. The molecular formula is C16H17NO6S2. The first-order valence-corrected chi connectivity index (χ1v) is 11.3. The molecular weight excluding hydrogens is 366 g/mol. The summed E-state index contributed by atoms with van der Waals surface area (Å²) < 4.78 is 53.2. The summed E-state index contributed by atoms with van der Waals surface area (Å²) in [4.78, 5) is 12.0. The number of hydrogen-bond acceptors (Lipinski definition) is 7. The fourth-order valence-corrected chi connectivity index (χ4v) is 5.57. The molecule has 2 aromatic rings. The highest BCUT2D eigenvalue weighted by molar-refractivity contribution is 7.93. The number of rotatable bonds is 5. The van der Waals surface area contributed by atoms with Crippen LogP contribution < -0.4 is 0 Å². The molecule has 1 aromatic heterocycles. The Morgan fingerprint density at radius 2 is 1.76 bits per heavy atom. The first-order valence-electron chi connectivity index (χ1n) is 7.55. The molecule has 7 nitrogen and oxygen atoms in total. The number of carbonyl (C=O) groups is 1. The molecule has 1 aliphatic rings. The Hall–Kier alpha value is -2.00. The van der Waals surface area contributed by atoms with E-state index in [1.807, 2.05) is 0 Å². The molecule has 0 atom stereocenters. The molecule has 134 valence electrons. The van der Waals surface area contributed by atoms with E-state index in [1.54, 1.807) is 6.07 Å². The maximum Gasteiger partial charge on any atom is 0.215 e. The zero-order valence-corrected chi connectivity index (χ0v) is 15.6. The lowest BCUT2D eigenvalue weighted by molar-refractivity contribution is 0.102. The second-order valence-corrected chi connectivity index (χ2v) is 10.3. The minimum absolute atomic E-state index is 0.0801. The summed E-state index contributed by atoms with van der Waals surface area (Å²) >= 11 is 0. The molecule has 9 heteroatoms. The van der Waals surface area contributed by atoms with Gasteiger partial charge in [-0.1, -0.05) is 5.16 Å². The van der Waals surface area contributed by atoms with Gasteiger partial charge < -0.3 is 4.52 Å². The molecule has 1 aliphatic carbocycles. The first-order chi connectivity index (χ1) is 11.5. The van der Waals surface area contributed by atoms with Crippen molar-refractivity contribution in [2.75, 3.05) is 12.5 Å². The first kappa shape index (κ1) is 17.8. The summed E-state index contributed by atoms with van der Waals surface area (Å²) in [7, 11) is -7.63. The van der Waals surface area contributed by atoms with E-state index in [0.29, 0.717) is 5.76 Å². The van der Waals surface area contributed by atoms with Crippen molar-refractivity contribution in [1.82, 2.24) is 5.16 Å². The van der Waals surface area contributed by atoms with Gasteiger partial charge in [-0.05, 0) is 37.5 Å². The average Bonchev–Trinajstić information content (AvgIpc) is 3.21. The third-order valence-corrected chi connectivity index (χ3v) is 6.66. The minimum Gasteiger partial charge on any atom is -0.360 e. The molecule has 0 aliphatic heterocycles. The monoisotopic (exact) mass is 383 g/mol. The van der Waals surface area contributed by atoms with Crippen LogP contribution in [0.4, 0.5) is 0 Å². The Labute approximate surface area is 145 Å². The van der Waals surface area contributed by atoms with Crippen molar-refractivity contribution in [1.29, 1.82) is 0 Å². The highest BCUT2D eigenvalue weighted by Gasteiger charge is 2.31. The van der Waals surface area contributed by atoms with Crippen molar-refractivity contribution >= 4 is 25.5 Å². The van der Waals surface area contributed by atoms with E-state index >= 15 is 0 Å². The molecule has 0 bridgehead atoms. The third kappa shape index (κ3) is 3.38. The highest BCUT2D eigenvalue weighted by atomic mass is 32.2. The van der Waals surface area contributed by atoms with Gasteiger partial charge in [0.1, 0.15) is 5.76 Å². The zero-order chi connectivity index (χ0) is 18.6. The molecule has 0 N–H and O–H groups in total. The summed E-state index contributed by atoms with van der Waals surface area (Å²) in [6.45, 7) is 1.42. The Balaban J connectivity index is 2.15. The smallest absolute Gasteiger partial charge is 0.215 e. The van der Waals surface area contributed by atoms with Crippen LogP contribution in [0.15, 0.2) is 32.5 Å². The topological polar surface area (TPSA) is 111 Å². The quantitative estimate of drug-likeness (QED) is 0.725. The van der Waals surface area contributed by atoms with E-state index in [2.05, 4.69) is 5.16 Å². The van der Waals surface area contributed by atoms with Crippen LogP contribution in [0.2, 0.25) is 0 Å². The van der Waals surface area contributed by atoms with Crippen LogP contribution in [-0.2, 0) is 19.7 Å². The molecule has 0 amide bonds. The van der Waals surface area contributed by atoms with E-state index in [4.69, 9.17) is 4.52 Å². The number of nitrogens with zero attached hydrogens (tertiary/aromatic N) is 1. The molecule has 25 heavy (non-hydrogen) atoms. The second-order valence-electron chi connectivity index (χ2n) is 6.33. The molecule has 3 rings (SSSR count). The molecule has 1 aromatic carbocycles. The zero-order valence-electron chi connectivity index (χ0n) is 13.9. The van der Waals surface area contributed by atoms with Gasteiger partial charge in [-0.15, -0.1) is 0 Å². The molecule has 0 unspecified atom stereocenters. The normalized spacial score (nSPS) is 15.3. The molecule has 0 spiro atoms. The van der Waals surface area contributed by atoms with Crippen molar-refractivity contribution in [3.05, 3.63) is 40.8 Å². The summed E-state index contributed by atoms with van der Waals surface area (Å²) in [6.07, 6.45) is 3.82. The number of ketones is 1. The van der Waals surface area contributed by atoms with Crippen molar-refractivity contribution in [2.24, 2.45) is 0 Å². The summed E-state index contributed by atoms with van der Waals surface area (Å²) in [5.41, 5.74) is 0.256. The van der Waals surface area contributed by atoms with Gasteiger partial charge >= 0.3 is 0 Å². The van der Waals surface area contributed by atoms with E-state index < -0.39 is 25.5 Å². The Kier molecular flexibility index (Phi) is 4.11. The van der Waals surface area contributed by atoms with Crippen molar-refractivity contribution < 1.29 is 26.2 Å². The average molecular weight is 383 g/mol. The molecule has 1 fully saturated rings. The lowest BCUT2D eigenvalue weighted by Gasteiger charge is -2.12.